The predicted octanol–water partition coefficient (Wildman–Crippen LogP) is 3.25. The van der Waals surface area contributed by atoms with Gasteiger partial charge in [-0.25, -0.2) is 4.79 Å². The Labute approximate surface area is 226 Å². The van der Waals surface area contributed by atoms with Gasteiger partial charge in [-0.3, -0.25) is 0 Å². The van der Waals surface area contributed by atoms with E-state index in [-0.39, 0.29) is 47.8 Å². The van der Waals surface area contributed by atoms with Gasteiger partial charge in [-0.15, -0.1) is 0 Å². The molecule has 4 saturated carbocycles. The van der Waals surface area contributed by atoms with E-state index in [1.807, 2.05) is 6.92 Å². The van der Waals surface area contributed by atoms with Gasteiger partial charge in [0, 0.05) is 25.0 Å². The number of ether oxygens (including phenoxy) is 4. The Morgan fingerprint density at radius 1 is 1.03 bits per heavy atom. The van der Waals surface area contributed by atoms with Crippen LogP contribution in [0.1, 0.15) is 85.0 Å². The average molecular weight is 535 g/mol. The molecule has 3 N–H and O–H groups in total. The first-order valence-electron chi connectivity index (χ1n) is 14.8. The van der Waals surface area contributed by atoms with E-state index in [1.165, 1.54) is 0 Å². The number of methoxy groups -OCH3 is 1. The van der Waals surface area contributed by atoms with Crippen LogP contribution in [0.25, 0.3) is 0 Å². The zero-order valence-electron chi connectivity index (χ0n) is 23.4. The molecule has 0 radical (unpaired) electrons. The van der Waals surface area contributed by atoms with E-state index in [0.29, 0.717) is 31.8 Å². The number of aliphatic hydroxyl groups excluding tert-OH is 1. The minimum absolute atomic E-state index is 0.0286. The van der Waals surface area contributed by atoms with Crippen molar-refractivity contribution in [2.45, 2.75) is 127 Å². The van der Waals surface area contributed by atoms with Crippen molar-refractivity contribution in [1.29, 1.82) is 0 Å². The van der Waals surface area contributed by atoms with E-state index in [2.05, 4.69) is 13.8 Å². The topological polar surface area (TPSA) is 115 Å². The SMILES string of the molecule is CO[C@@H]1C[C@@H](O[C@H]2CC[C@@]3(C)[C@H](CCC4(O)[C@@H]3CC[C@]3(C)[C@@H](C5=CC(=O)OC5)CCC43O)C2)O[C@H](C)[C@@H]1O. The Bertz CT molecular complexity index is 983. The van der Waals surface area contributed by atoms with E-state index in [4.69, 9.17) is 18.9 Å². The highest BCUT2D eigenvalue weighted by Crippen LogP contribution is 2.71. The molecule has 0 amide bonds. The summed E-state index contributed by atoms with van der Waals surface area (Å²) in [6.45, 7) is 6.64. The maximum absolute atomic E-state index is 12.5. The molecule has 4 aliphatic carbocycles. The van der Waals surface area contributed by atoms with Crippen molar-refractivity contribution in [3.63, 3.8) is 0 Å². The van der Waals surface area contributed by atoms with Crippen molar-refractivity contribution >= 4 is 5.97 Å². The molecule has 0 bridgehead atoms. The van der Waals surface area contributed by atoms with Crippen LogP contribution in [-0.4, -0.2) is 76.9 Å². The number of hydrogen-bond acceptors (Lipinski definition) is 8. The molecule has 0 aromatic rings. The summed E-state index contributed by atoms with van der Waals surface area (Å²) in [6, 6.07) is 0. The van der Waals surface area contributed by atoms with Crippen molar-refractivity contribution in [3.8, 4) is 0 Å². The summed E-state index contributed by atoms with van der Waals surface area (Å²) < 4.78 is 23.1. The minimum Gasteiger partial charge on any atom is -0.458 e. The van der Waals surface area contributed by atoms with Gasteiger partial charge in [0.25, 0.3) is 0 Å². The van der Waals surface area contributed by atoms with Crippen LogP contribution < -0.4 is 0 Å². The van der Waals surface area contributed by atoms with Crippen molar-refractivity contribution in [2.75, 3.05) is 13.7 Å². The van der Waals surface area contributed by atoms with Gasteiger partial charge < -0.3 is 34.3 Å². The molecule has 2 unspecified atom stereocenters. The maximum Gasteiger partial charge on any atom is 0.331 e. The molecule has 38 heavy (non-hydrogen) atoms. The van der Waals surface area contributed by atoms with Crippen molar-refractivity contribution in [2.24, 2.45) is 28.6 Å². The summed E-state index contributed by atoms with van der Waals surface area (Å²) in [4.78, 5) is 11.8. The number of hydrogen-bond donors (Lipinski definition) is 3. The summed E-state index contributed by atoms with van der Waals surface area (Å²) in [5.41, 5.74) is -1.88. The molecular weight excluding hydrogens is 488 g/mol. The van der Waals surface area contributed by atoms with Gasteiger partial charge in [0.05, 0.1) is 29.5 Å². The third kappa shape index (κ3) is 3.73. The van der Waals surface area contributed by atoms with E-state index in [1.54, 1.807) is 13.2 Å². The first-order valence-corrected chi connectivity index (χ1v) is 14.8. The zero-order chi connectivity index (χ0) is 27.1. The number of cyclic esters (lactones) is 1. The molecule has 12 atom stereocenters. The van der Waals surface area contributed by atoms with Gasteiger partial charge in [0.2, 0.25) is 0 Å². The quantitative estimate of drug-likeness (QED) is 0.372. The van der Waals surface area contributed by atoms with E-state index in [0.717, 1.165) is 50.5 Å². The lowest BCUT2D eigenvalue weighted by Crippen LogP contribution is -2.73. The van der Waals surface area contributed by atoms with E-state index >= 15 is 0 Å². The van der Waals surface area contributed by atoms with Crippen LogP contribution in [0.2, 0.25) is 0 Å². The van der Waals surface area contributed by atoms with Crippen LogP contribution in [0, 0.1) is 28.6 Å². The Morgan fingerprint density at radius 2 is 1.82 bits per heavy atom. The van der Waals surface area contributed by atoms with Crippen LogP contribution in [0.15, 0.2) is 11.6 Å². The Kier molecular flexibility index (Phi) is 6.61. The average Bonchev–Trinajstić information content (AvgIpc) is 3.42. The van der Waals surface area contributed by atoms with Crippen molar-refractivity contribution < 1.29 is 39.1 Å². The maximum atomic E-state index is 12.5. The Morgan fingerprint density at radius 3 is 2.53 bits per heavy atom. The number of rotatable bonds is 4. The van der Waals surface area contributed by atoms with E-state index in [9.17, 15) is 20.1 Å². The lowest BCUT2D eigenvalue weighted by atomic mass is 9.41. The van der Waals surface area contributed by atoms with Gasteiger partial charge in [-0.1, -0.05) is 13.8 Å². The van der Waals surface area contributed by atoms with Gasteiger partial charge in [-0.2, -0.15) is 0 Å². The monoisotopic (exact) mass is 534 g/mol. The van der Waals surface area contributed by atoms with Crippen molar-refractivity contribution in [3.05, 3.63) is 11.6 Å². The summed E-state index contributed by atoms with van der Waals surface area (Å²) >= 11 is 0. The first kappa shape index (κ1) is 27.2. The van der Waals surface area contributed by atoms with Crippen molar-refractivity contribution in [1.82, 2.24) is 0 Å². The molecule has 214 valence electrons. The van der Waals surface area contributed by atoms with Gasteiger partial charge in [0.15, 0.2) is 6.29 Å². The summed E-state index contributed by atoms with van der Waals surface area (Å²) in [7, 11) is 1.62. The fourth-order valence-electron chi connectivity index (χ4n) is 10.1. The van der Waals surface area contributed by atoms with E-state index < -0.39 is 22.7 Å². The predicted molar refractivity (Wildman–Crippen MR) is 138 cm³/mol. The normalized spacial score (nSPS) is 54.5. The third-order valence-corrected chi connectivity index (χ3v) is 12.3. The van der Waals surface area contributed by atoms with Gasteiger partial charge >= 0.3 is 5.97 Å². The first-order chi connectivity index (χ1) is 17.9. The summed E-state index contributed by atoms with van der Waals surface area (Å²) in [6.07, 6.45) is 7.78. The summed E-state index contributed by atoms with van der Waals surface area (Å²) in [5.74, 6) is 0.206. The Balaban J connectivity index is 1.18. The molecule has 6 aliphatic rings. The highest BCUT2D eigenvalue weighted by Gasteiger charge is 2.74. The highest BCUT2D eigenvalue weighted by molar-refractivity contribution is 5.85. The fourth-order valence-corrected chi connectivity index (χ4v) is 10.1. The molecule has 0 aromatic carbocycles. The molecule has 8 heteroatoms. The molecule has 5 fully saturated rings. The highest BCUT2D eigenvalue weighted by atomic mass is 16.7. The smallest absolute Gasteiger partial charge is 0.331 e. The van der Waals surface area contributed by atoms with Crippen LogP contribution >= 0.6 is 0 Å². The van der Waals surface area contributed by atoms with Crippen LogP contribution in [0.5, 0.6) is 0 Å². The molecule has 8 nitrogen and oxygen atoms in total. The molecule has 1 saturated heterocycles. The van der Waals surface area contributed by atoms with Crippen LogP contribution in [0.3, 0.4) is 0 Å². The molecular formula is C30H46O8. The second-order valence-electron chi connectivity index (χ2n) is 13.8. The fraction of sp³-hybridized carbons (Fsp3) is 0.900. The lowest BCUT2D eigenvalue weighted by molar-refractivity contribution is -0.304. The number of carbonyl (C=O) groups is 1. The molecule has 2 aliphatic heterocycles. The zero-order valence-corrected chi connectivity index (χ0v) is 23.4. The number of esters is 1. The molecule has 0 aromatic heterocycles. The molecule has 0 spiro atoms. The molecule has 6 rings (SSSR count). The largest absolute Gasteiger partial charge is 0.458 e. The lowest BCUT2D eigenvalue weighted by Gasteiger charge is -2.67. The number of fused-ring (bicyclic) bond motifs is 5. The second-order valence-corrected chi connectivity index (χ2v) is 13.8. The van der Waals surface area contributed by atoms with Crippen LogP contribution in [0.4, 0.5) is 0 Å². The van der Waals surface area contributed by atoms with Gasteiger partial charge in [0.1, 0.15) is 12.7 Å². The Hall–Kier alpha value is -1.03. The van der Waals surface area contributed by atoms with Gasteiger partial charge in [-0.05, 0) is 93.5 Å². The molecule has 2 heterocycles. The second kappa shape index (κ2) is 9.25. The standard InChI is InChI=1S/C30H46O8/c1-17-26(32)22(35-4)15-25(37-17)38-20-6-9-27(2)19(14-20)5-11-29(33)23(27)8-10-28(3)21(7-12-30(28,29)34)18-13-24(31)36-16-18/h13,17,19-23,25-26,32-34H,5-12,14-16H2,1-4H3/t17-,19-,20+,21-,22-,23-,25-,26+,27+,28-,29?,30?/m1/s1. The third-order valence-electron chi connectivity index (χ3n) is 12.3. The summed E-state index contributed by atoms with van der Waals surface area (Å²) in [5, 5.41) is 35.2. The van der Waals surface area contributed by atoms with Crippen LogP contribution in [-0.2, 0) is 23.7 Å². The minimum atomic E-state index is -1.18. The number of carbonyl (C=O) groups excluding carboxylic acids is 1. The number of aliphatic hydroxyl groups is 3.